The quantitative estimate of drug-likeness (QED) is 0.741. The van der Waals surface area contributed by atoms with Gasteiger partial charge in [0.05, 0.1) is 23.7 Å². The molecule has 3 aromatic rings. The molecule has 0 amide bonds. The molecule has 1 aromatic heterocycles. The summed E-state index contributed by atoms with van der Waals surface area (Å²) in [6.45, 7) is 1.94. The van der Waals surface area contributed by atoms with Crippen LogP contribution in [0.15, 0.2) is 42.6 Å². The van der Waals surface area contributed by atoms with Crippen LogP contribution in [0.1, 0.15) is 5.56 Å². The number of rotatable bonds is 3. The van der Waals surface area contributed by atoms with Crippen LogP contribution in [0.2, 0.25) is 0 Å². The van der Waals surface area contributed by atoms with Crippen LogP contribution < -0.4 is 15.2 Å². The molecule has 0 saturated carbocycles. The van der Waals surface area contributed by atoms with Crippen LogP contribution in [-0.4, -0.2) is 12.1 Å². The topological polar surface area (TPSA) is 57.4 Å². The van der Waals surface area contributed by atoms with Crippen LogP contribution in [0.5, 0.6) is 17.2 Å². The van der Waals surface area contributed by atoms with Crippen molar-refractivity contribution in [2.24, 2.45) is 0 Å². The Morgan fingerprint density at radius 1 is 1.14 bits per heavy atom. The van der Waals surface area contributed by atoms with Crippen LogP contribution in [0.4, 0.5) is 10.1 Å². The number of nitrogen functional groups attached to an aromatic ring is 1. The van der Waals surface area contributed by atoms with E-state index in [1.165, 1.54) is 12.1 Å². The lowest BCUT2D eigenvalue weighted by molar-refractivity contribution is 0.381. The molecule has 0 aliphatic rings. The summed E-state index contributed by atoms with van der Waals surface area (Å²) < 4.78 is 24.3. The van der Waals surface area contributed by atoms with Gasteiger partial charge in [-0.2, -0.15) is 0 Å². The van der Waals surface area contributed by atoms with Gasteiger partial charge in [0.1, 0.15) is 11.6 Å². The number of anilines is 1. The number of aryl methyl sites for hydroxylation is 1. The second kappa shape index (κ2) is 5.52. The van der Waals surface area contributed by atoms with E-state index >= 15 is 0 Å². The molecule has 5 heteroatoms. The van der Waals surface area contributed by atoms with Gasteiger partial charge in [-0.3, -0.25) is 4.98 Å². The number of aromatic nitrogens is 1. The van der Waals surface area contributed by atoms with Crippen molar-refractivity contribution < 1.29 is 13.9 Å². The van der Waals surface area contributed by atoms with E-state index in [9.17, 15) is 4.39 Å². The summed E-state index contributed by atoms with van der Waals surface area (Å²) in [5.41, 5.74) is 8.17. The van der Waals surface area contributed by atoms with Gasteiger partial charge in [0.25, 0.3) is 0 Å². The van der Waals surface area contributed by atoms with Crippen LogP contribution in [0, 0.1) is 12.7 Å². The Morgan fingerprint density at radius 3 is 2.55 bits per heavy atom. The van der Waals surface area contributed by atoms with Gasteiger partial charge < -0.3 is 15.2 Å². The van der Waals surface area contributed by atoms with Gasteiger partial charge in [-0.15, -0.1) is 0 Å². The van der Waals surface area contributed by atoms with E-state index in [1.807, 2.05) is 13.0 Å². The third-order valence-electron chi connectivity index (χ3n) is 3.42. The van der Waals surface area contributed by atoms with Crippen molar-refractivity contribution in [3.63, 3.8) is 0 Å². The lowest BCUT2D eigenvalue weighted by Gasteiger charge is -2.15. The second-order valence-electron chi connectivity index (χ2n) is 4.90. The van der Waals surface area contributed by atoms with E-state index in [2.05, 4.69) is 4.98 Å². The first-order valence-electron chi connectivity index (χ1n) is 6.75. The number of benzene rings is 2. The number of hydrogen-bond acceptors (Lipinski definition) is 4. The third-order valence-corrected chi connectivity index (χ3v) is 3.42. The molecule has 0 aliphatic carbocycles. The van der Waals surface area contributed by atoms with Gasteiger partial charge in [0.2, 0.25) is 0 Å². The highest BCUT2D eigenvalue weighted by Crippen LogP contribution is 2.42. The number of methoxy groups -OCH3 is 1. The summed E-state index contributed by atoms with van der Waals surface area (Å²) >= 11 is 0. The highest BCUT2D eigenvalue weighted by Gasteiger charge is 2.16. The smallest absolute Gasteiger partial charge is 0.179 e. The number of halogens is 1. The average molecular weight is 298 g/mol. The summed E-state index contributed by atoms with van der Waals surface area (Å²) in [7, 11) is 1.55. The average Bonchev–Trinajstić information content (AvgIpc) is 2.52. The van der Waals surface area contributed by atoms with Crippen LogP contribution in [-0.2, 0) is 0 Å². The molecule has 1 heterocycles. The zero-order valence-corrected chi connectivity index (χ0v) is 12.3. The maximum Gasteiger partial charge on any atom is 0.179 e. The van der Waals surface area contributed by atoms with Gasteiger partial charge in [-0.1, -0.05) is 0 Å². The fourth-order valence-electron chi connectivity index (χ4n) is 2.34. The molecular formula is C17H15FN2O2. The minimum absolute atomic E-state index is 0.320. The monoisotopic (exact) mass is 298 g/mol. The van der Waals surface area contributed by atoms with Gasteiger partial charge in [-0.25, -0.2) is 4.39 Å². The predicted octanol–water partition coefficient (Wildman–Crippen LogP) is 4.07. The van der Waals surface area contributed by atoms with E-state index in [-0.39, 0.29) is 5.82 Å². The highest BCUT2D eigenvalue weighted by molar-refractivity contribution is 5.98. The number of nitrogens with zero attached hydrogens (tertiary/aromatic N) is 1. The predicted molar refractivity (Wildman–Crippen MR) is 83.9 cm³/mol. The Hall–Kier alpha value is -2.82. The molecule has 0 atom stereocenters. The van der Waals surface area contributed by atoms with Crippen LogP contribution >= 0.6 is 0 Å². The van der Waals surface area contributed by atoms with E-state index in [4.69, 9.17) is 15.2 Å². The molecule has 0 fully saturated rings. The van der Waals surface area contributed by atoms with Gasteiger partial charge in [0.15, 0.2) is 11.5 Å². The Balaban J connectivity index is 2.22. The summed E-state index contributed by atoms with van der Waals surface area (Å²) in [5, 5.41) is 0.781. The number of nitrogens with two attached hydrogens (primary N) is 1. The zero-order valence-electron chi connectivity index (χ0n) is 12.3. The van der Waals surface area contributed by atoms with Crippen molar-refractivity contribution in [3.8, 4) is 17.2 Å². The maximum atomic E-state index is 13.0. The highest BCUT2D eigenvalue weighted by atomic mass is 19.1. The lowest BCUT2D eigenvalue weighted by Crippen LogP contribution is -1.98. The Labute approximate surface area is 127 Å². The molecule has 2 aromatic carbocycles. The summed E-state index contributed by atoms with van der Waals surface area (Å²) in [6, 6.07) is 9.34. The van der Waals surface area contributed by atoms with Crippen LogP contribution in [0.25, 0.3) is 10.9 Å². The largest absolute Gasteiger partial charge is 0.493 e. The van der Waals surface area contributed by atoms with Crippen molar-refractivity contribution in [2.45, 2.75) is 6.92 Å². The van der Waals surface area contributed by atoms with E-state index in [0.717, 1.165) is 10.9 Å². The molecule has 0 spiro atoms. The molecule has 0 aliphatic heterocycles. The number of hydrogen-bond donors (Lipinski definition) is 1. The van der Waals surface area contributed by atoms with Crippen molar-refractivity contribution >= 4 is 16.6 Å². The molecule has 2 N–H and O–H groups in total. The molecule has 0 saturated heterocycles. The Morgan fingerprint density at radius 2 is 1.86 bits per heavy atom. The molecule has 0 radical (unpaired) electrons. The minimum Gasteiger partial charge on any atom is -0.493 e. The molecule has 4 nitrogen and oxygen atoms in total. The van der Waals surface area contributed by atoms with Crippen molar-refractivity contribution in [3.05, 3.63) is 54.0 Å². The van der Waals surface area contributed by atoms with E-state index in [1.54, 1.807) is 31.5 Å². The second-order valence-corrected chi connectivity index (χ2v) is 4.90. The van der Waals surface area contributed by atoms with Gasteiger partial charge in [0, 0.05) is 12.3 Å². The first kappa shape index (κ1) is 14.1. The fourth-order valence-corrected chi connectivity index (χ4v) is 2.34. The zero-order chi connectivity index (χ0) is 15.7. The number of ether oxygens (including phenoxy) is 2. The Bertz CT molecular complexity index is 832. The van der Waals surface area contributed by atoms with Gasteiger partial charge >= 0.3 is 0 Å². The molecule has 112 valence electrons. The van der Waals surface area contributed by atoms with Crippen molar-refractivity contribution in [1.29, 1.82) is 0 Å². The Kier molecular flexibility index (Phi) is 3.55. The summed E-state index contributed by atoms with van der Waals surface area (Å²) in [4.78, 5) is 4.31. The SMILES string of the molecule is COc1cc(N)c2nccc(C)c2c1Oc1ccc(F)cc1. The minimum atomic E-state index is -0.320. The summed E-state index contributed by atoms with van der Waals surface area (Å²) in [6.07, 6.45) is 1.70. The van der Waals surface area contributed by atoms with Crippen LogP contribution in [0.3, 0.4) is 0 Å². The molecular weight excluding hydrogens is 283 g/mol. The van der Waals surface area contributed by atoms with Gasteiger partial charge in [-0.05, 0) is 42.8 Å². The fraction of sp³-hybridized carbons (Fsp3) is 0.118. The molecule has 22 heavy (non-hydrogen) atoms. The molecule has 3 rings (SSSR count). The number of pyridine rings is 1. The first-order chi connectivity index (χ1) is 10.6. The first-order valence-corrected chi connectivity index (χ1v) is 6.75. The third kappa shape index (κ3) is 2.41. The van der Waals surface area contributed by atoms with E-state index in [0.29, 0.717) is 28.5 Å². The standard InChI is InChI=1S/C17H15FN2O2/c1-10-7-8-20-16-13(19)9-14(21-2)17(15(10)16)22-12-5-3-11(18)4-6-12/h3-9H,19H2,1-2H3. The van der Waals surface area contributed by atoms with Crippen molar-refractivity contribution in [2.75, 3.05) is 12.8 Å². The maximum absolute atomic E-state index is 13.0. The summed E-state index contributed by atoms with van der Waals surface area (Å²) in [5.74, 6) is 1.21. The normalized spacial score (nSPS) is 10.7. The van der Waals surface area contributed by atoms with Crippen molar-refractivity contribution in [1.82, 2.24) is 4.98 Å². The molecule has 0 bridgehead atoms. The number of fused-ring (bicyclic) bond motifs is 1. The molecule has 0 unspecified atom stereocenters. The van der Waals surface area contributed by atoms with E-state index < -0.39 is 0 Å². The lowest BCUT2D eigenvalue weighted by atomic mass is 10.1.